The second kappa shape index (κ2) is 11.3. The Morgan fingerprint density at radius 3 is 2.67 bits per heavy atom. The molecular formula is C28H34ClF2N5O3. The maximum Gasteiger partial charge on any atom is 0.255 e. The van der Waals surface area contributed by atoms with Gasteiger partial charge in [0.15, 0.2) is 0 Å². The Hall–Kier alpha value is -2.93. The molecule has 0 spiro atoms. The van der Waals surface area contributed by atoms with E-state index < -0.39 is 54.3 Å². The Morgan fingerprint density at radius 2 is 2.00 bits per heavy atom. The standard InChI is InChI=1S/C28H34ClF2N5O3/c29-18-4-1-5-19(13-18)34-23(11-16-6-7-16)27(39)36-21-8-9-22(28(30,31)14-21)24(36)26(38)35-20(15-32)12-17-3-2-10-33-25(17)37/h1,4-5,13,16-17,20-24,34H,2-3,6-12,14H2,(H,33,37)(H,35,38)/t17-,20+,21-,22-,23+,24+/m0/s1. The maximum atomic E-state index is 15.1. The van der Waals surface area contributed by atoms with Crippen molar-refractivity contribution in [3.8, 4) is 6.07 Å². The van der Waals surface area contributed by atoms with Gasteiger partial charge >= 0.3 is 0 Å². The third-order valence-corrected chi connectivity index (χ3v) is 8.82. The van der Waals surface area contributed by atoms with E-state index in [2.05, 4.69) is 16.0 Å². The molecular weight excluding hydrogens is 528 g/mol. The Morgan fingerprint density at radius 1 is 1.21 bits per heavy atom. The Balaban J connectivity index is 1.38. The number of carbonyl (C=O) groups is 3. The Kier molecular flexibility index (Phi) is 7.99. The number of anilines is 1. The van der Waals surface area contributed by atoms with E-state index >= 15 is 8.78 Å². The monoisotopic (exact) mass is 561 g/mol. The number of nitriles is 1. The number of halogens is 3. The first-order valence-corrected chi connectivity index (χ1v) is 14.2. The van der Waals surface area contributed by atoms with Gasteiger partial charge in [-0.3, -0.25) is 14.4 Å². The Bertz CT molecular complexity index is 1160. The van der Waals surface area contributed by atoms with Crippen molar-refractivity contribution in [3.05, 3.63) is 29.3 Å². The predicted octanol–water partition coefficient (Wildman–Crippen LogP) is 3.86. The van der Waals surface area contributed by atoms with Gasteiger partial charge in [-0.25, -0.2) is 8.78 Å². The summed E-state index contributed by atoms with van der Waals surface area (Å²) in [5, 5.41) is 18.9. The molecule has 3 aliphatic heterocycles. The van der Waals surface area contributed by atoms with Crippen molar-refractivity contribution >= 4 is 35.0 Å². The predicted molar refractivity (Wildman–Crippen MR) is 141 cm³/mol. The van der Waals surface area contributed by atoms with E-state index in [1.165, 1.54) is 4.90 Å². The summed E-state index contributed by atoms with van der Waals surface area (Å²) in [7, 11) is 0. The topological polar surface area (TPSA) is 114 Å². The van der Waals surface area contributed by atoms with Gasteiger partial charge in [-0.1, -0.05) is 30.5 Å². The smallest absolute Gasteiger partial charge is 0.255 e. The third kappa shape index (κ3) is 6.13. The molecule has 2 saturated carbocycles. The minimum absolute atomic E-state index is 0.0971. The van der Waals surface area contributed by atoms with Gasteiger partial charge in [0.25, 0.3) is 5.92 Å². The number of hydrogen-bond donors (Lipinski definition) is 3. The van der Waals surface area contributed by atoms with Crippen molar-refractivity contribution in [1.82, 2.24) is 15.5 Å². The van der Waals surface area contributed by atoms with Gasteiger partial charge in [-0.15, -0.1) is 0 Å². The van der Waals surface area contributed by atoms with Crippen LogP contribution in [0.15, 0.2) is 24.3 Å². The van der Waals surface area contributed by atoms with Crippen LogP contribution >= 0.6 is 11.6 Å². The number of rotatable bonds is 9. The number of fused-ring (bicyclic) bond motifs is 3. The SMILES string of the molecule is N#C[C@@H](C[C@@H]1CCCNC1=O)NC(=O)[C@H]1[C@@H]2CC[C@@H](CC2(F)F)N1C(=O)[C@@H](CC1CC1)Nc1cccc(Cl)c1. The quantitative estimate of drug-likeness (QED) is 0.424. The molecule has 0 aromatic heterocycles. The van der Waals surface area contributed by atoms with Gasteiger partial charge in [0.1, 0.15) is 18.1 Å². The molecule has 3 heterocycles. The van der Waals surface area contributed by atoms with Gasteiger partial charge in [0.2, 0.25) is 17.7 Å². The summed E-state index contributed by atoms with van der Waals surface area (Å²) in [6, 6.07) is 5.10. The molecule has 6 atom stereocenters. The fraction of sp³-hybridized carbons (Fsp3) is 0.643. The summed E-state index contributed by atoms with van der Waals surface area (Å²) in [6.45, 7) is 0.571. The molecule has 2 aliphatic carbocycles. The molecule has 1 aromatic carbocycles. The largest absolute Gasteiger partial charge is 0.374 e. The molecule has 3 amide bonds. The first kappa shape index (κ1) is 27.6. The van der Waals surface area contributed by atoms with E-state index in [-0.39, 0.29) is 24.7 Å². The highest BCUT2D eigenvalue weighted by Crippen LogP contribution is 2.49. The lowest BCUT2D eigenvalue weighted by atomic mass is 9.71. The van der Waals surface area contributed by atoms with Gasteiger partial charge in [0, 0.05) is 35.6 Å². The maximum absolute atomic E-state index is 15.1. The van der Waals surface area contributed by atoms with Crippen molar-refractivity contribution in [2.24, 2.45) is 17.8 Å². The van der Waals surface area contributed by atoms with Crippen LogP contribution in [-0.4, -0.2) is 59.3 Å². The van der Waals surface area contributed by atoms with Gasteiger partial charge in [0.05, 0.1) is 12.0 Å². The Labute approximate surface area is 231 Å². The highest BCUT2D eigenvalue weighted by molar-refractivity contribution is 6.30. The minimum atomic E-state index is -3.10. The number of nitrogens with zero attached hydrogens (tertiary/aromatic N) is 2. The first-order valence-electron chi connectivity index (χ1n) is 13.9. The molecule has 210 valence electrons. The summed E-state index contributed by atoms with van der Waals surface area (Å²) in [4.78, 5) is 41.3. The third-order valence-electron chi connectivity index (χ3n) is 8.58. The number of benzene rings is 1. The molecule has 6 rings (SSSR count). The summed E-state index contributed by atoms with van der Waals surface area (Å²) in [5.41, 5.74) is 0.644. The molecule has 39 heavy (non-hydrogen) atoms. The molecule has 0 radical (unpaired) electrons. The summed E-state index contributed by atoms with van der Waals surface area (Å²) < 4.78 is 30.3. The van der Waals surface area contributed by atoms with Crippen molar-refractivity contribution in [2.75, 3.05) is 11.9 Å². The van der Waals surface area contributed by atoms with E-state index in [0.29, 0.717) is 42.4 Å². The summed E-state index contributed by atoms with van der Waals surface area (Å²) >= 11 is 6.14. The van der Waals surface area contributed by atoms with Crippen molar-refractivity contribution in [3.63, 3.8) is 0 Å². The van der Waals surface area contributed by atoms with Crippen LogP contribution in [0.2, 0.25) is 5.02 Å². The second-order valence-corrected chi connectivity index (χ2v) is 11.9. The normalized spacial score (nSPS) is 29.1. The second-order valence-electron chi connectivity index (χ2n) is 11.4. The van der Waals surface area contributed by atoms with E-state index in [1.807, 2.05) is 6.07 Å². The number of piperidine rings is 3. The van der Waals surface area contributed by atoms with E-state index in [4.69, 9.17) is 11.6 Å². The van der Waals surface area contributed by atoms with Crippen LogP contribution in [0.5, 0.6) is 0 Å². The summed E-state index contributed by atoms with van der Waals surface area (Å²) in [5.74, 6) is -5.83. The van der Waals surface area contributed by atoms with Gasteiger partial charge in [-0.05, 0) is 62.6 Å². The van der Waals surface area contributed by atoms with Crippen molar-refractivity contribution in [1.29, 1.82) is 5.26 Å². The molecule has 1 aromatic rings. The van der Waals surface area contributed by atoms with Crippen LogP contribution in [0.3, 0.4) is 0 Å². The minimum Gasteiger partial charge on any atom is -0.374 e. The van der Waals surface area contributed by atoms with Crippen LogP contribution < -0.4 is 16.0 Å². The zero-order valence-electron chi connectivity index (χ0n) is 21.7. The fourth-order valence-corrected chi connectivity index (χ4v) is 6.63. The molecule has 0 unspecified atom stereocenters. The number of hydrogen-bond acceptors (Lipinski definition) is 5. The molecule has 3 saturated heterocycles. The van der Waals surface area contributed by atoms with Gasteiger partial charge in [-0.2, -0.15) is 5.26 Å². The van der Waals surface area contributed by atoms with Crippen molar-refractivity contribution < 1.29 is 23.2 Å². The van der Waals surface area contributed by atoms with Crippen LogP contribution in [-0.2, 0) is 14.4 Å². The summed E-state index contributed by atoms with van der Waals surface area (Å²) in [6.07, 6.45) is 4.01. The van der Waals surface area contributed by atoms with Gasteiger partial charge < -0.3 is 20.9 Å². The molecule has 5 aliphatic rings. The van der Waals surface area contributed by atoms with Crippen LogP contribution in [0, 0.1) is 29.1 Å². The average molecular weight is 562 g/mol. The molecule has 2 bridgehead atoms. The van der Waals surface area contributed by atoms with Crippen LogP contribution in [0.1, 0.15) is 57.8 Å². The number of carbonyl (C=O) groups excluding carboxylic acids is 3. The first-order chi connectivity index (χ1) is 18.7. The van der Waals surface area contributed by atoms with E-state index in [0.717, 1.165) is 19.3 Å². The van der Waals surface area contributed by atoms with E-state index in [1.54, 1.807) is 24.3 Å². The molecule has 11 heteroatoms. The molecule has 3 N–H and O–H groups in total. The molecule has 5 fully saturated rings. The number of amides is 3. The number of alkyl halides is 2. The zero-order chi connectivity index (χ0) is 27.7. The fourth-order valence-electron chi connectivity index (χ4n) is 6.44. The highest BCUT2D eigenvalue weighted by Gasteiger charge is 2.61. The lowest BCUT2D eigenvalue weighted by Crippen LogP contribution is -2.70. The molecule has 8 nitrogen and oxygen atoms in total. The average Bonchev–Trinajstić information content (AvgIpc) is 3.72. The van der Waals surface area contributed by atoms with Crippen molar-refractivity contribution in [2.45, 2.75) is 87.9 Å². The lowest BCUT2D eigenvalue weighted by Gasteiger charge is -2.54. The number of nitrogens with one attached hydrogen (secondary N) is 3. The van der Waals surface area contributed by atoms with Crippen LogP contribution in [0.25, 0.3) is 0 Å². The lowest BCUT2D eigenvalue weighted by molar-refractivity contribution is -0.194. The van der Waals surface area contributed by atoms with E-state index in [9.17, 15) is 19.6 Å². The zero-order valence-corrected chi connectivity index (χ0v) is 22.4. The highest BCUT2D eigenvalue weighted by atomic mass is 35.5. The van der Waals surface area contributed by atoms with Crippen LogP contribution in [0.4, 0.5) is 14.5 Å².